The molecule has 0 saturated carbocycles. The van der Waals surface area contributed by atoms with E-state index in [1.54, 1.807) is 12.1 Å². The molecule has 0 aromatic heterocycles. The molecule has 0 spiro atoms. The summed E-state index contributed by atoms with van der Waals surface area (Å²) < 4.78 is 0. The highest BCUT2D eigenvalue weighted by Crippen LogP contribution is 2.29. The maximum absolute atomic E-state index is 11.3. The fourth-order valence-electron chi connectivity index (χ4n) is 2.34. The highest BCUT2D eigenvalue weighted by molar-refractivity contribution is 5.95. The number of aromatic carboxylic acids is 1. The van der Waals surface area contributed by atoms with Gasteiger partial charge in [-0.15, -0.1) is 0 Å². The molecule has 0 amide bonds. The van der Waals surface area contributed by atoms with E-state index in [2.05, 4.69) is 16.8 Å². The molecule has 2 rings (SSSR count). The van der Waals surface area contributed by atoms with Gasteiger partial charge in [-0.2, -0.15) is 4.99 Å². The lowest BCUT2D eigenvalue weighted by molar-refractivity contribution is 0.0697. The molecule has 0 radical (unpaired) electrons. The summed E-state index contributed by atoms with van der Waals surface area (Å²) in [6, 6.07) is 4.78. The maximum atomic E-state index is 11.3. The number of hydrogen-bond acceptors (Lipinski definition) is 4. The molecular weight excluding hydrogens is 244 g/mol. The Morgan fingerprint density at radius 3 is 2.68 bits per heavy atom. The first kappa shape index (κ1) is 13.3. The highest BCUT2D eigenvalue weighted by atomic mass is 16.4. The van der Waals surface area contributed by atoms with Gasteiger partial charge >= 0.3 is 5.97 Å². The molecule has 1 aromatic carbocycles. The van der Waals surface area contributed by atoms with Gasteiger partial charge in [0, 0.05) is 13.1 Å². The Morgan fingerprint density at radius 2 is 2.11 bits per heavy atom. The van der Waals surface area contributed by atoms with E-state index < -0.39 is 5.97 Å². The molecule has 100 valence electrons. The number of hydrogen-bond donors (Lipinski definition) is 1. The van der Waals surface area contributed by atoms with Gasteiger partial charge in [0.05, 0.1) is 16.9 Å². The quantitative estimate of drug-likeness (QED) is 0.670. The summed E-state index contributed by atoms with van der Waals surface area (Å²) in [5.74, 6) is -0.319. The Kier molecular flexibility index (Phi) is 3.97. The Hall–Kier alpha value is -2.13. The number of anilines is 1. The number of nitrogens with zero attached hydrogens (tertiary/aromatic N) is 2. The number of rotatable bonds is 3. The molecule has 1 heterocycles. The van der Waals surface area contributed by atoms with E-state index in [9.17, 15) is 14.7 Å². The highest BCUT2D eigenvalue weighted by Gasteiger charge is 2.21. The standard InChI is InChI=1S/C14H16N2O3/c1-10-4-6-16(7-5-10)13-3-2-11(15-9-17)8-12(13)14(18)19/h2-3,8,10H,4-7H2,1H3,(H,18,19). The van der Waals surface area contributed by atoms with Crippen molar-refractivity contribution in [3.63, 3.8) is 0 Å². The van der Waals surface area contributed by atoms with Gasteiger partial charge in [-0.1, -0.05) is 6.92 Å². The first-order chi connectivity index (χ1) is 9.11. The molecule has 5 nitrogen and oxygen atoms in total. The second-order valence-electron chi connectivity index (χ2n) is 4.88. The zero-order chi connectivity index (χ0) is 13.8. The van der Waals surface area contributed by atoms with Crippen LogP contribution in [0.25, 0.3) is 0 Å². The number of piperidine rings is 1. The summed E-state index contributed by atoms with van der Waals surface area (Å²) in [7, 11) is 0. The number of carboxylic acids is 1. The first-order valence-electron chi connectivity index (χ1n) is 6.32. The van der Waals surface area contributed by atoms with E-state index in [1.807, 2.05) is 0 Å². The Labute approximate surface area is 111 Å². The largest absolute Gasteiger partial charge is 0.478 e. The molecule has 0 unspecified atom stereocenters. The SMILES string of the molecule is CC1CCN(c2ccc(N=C=O)cc2C(=O)O)CC1. The smallest absolute Gasteiger partial charge is 0.337 e. The van der Waals surface area contributed by atoms with Crippen molar-refractivity contribution < 1.29 is 14.7 Å². The second kappa shape index (κ2) is 5.67. The Bertz CT molecular complexity index is 527. The average Bonchev–Trinajstić information content (AvgIpc) is 2.40. The number of carboxylic acid groups (broad SMARTS) is 1. The second-order valence-corrected chi connectivity index (χ2v) is 4.88. The van der Waals surface area contributed by atoms with Crippen molar-refractivity contribution in [3.05, 3.63) is 23.8 Å². The lowest BCUT2D eigenvalue weighted by atomic mass is 9.98. The third-order valence-corrected chi connectivity index (χ3v) is 3.51. The Morgan fingerprint density at radius 1 is 1.42 bits per heavy atom. The minimum Gasteiger partial charge on any atom is -0.478 e. The van der Waals surface area contributed by atoms with Crippen LogP contribution in [0.4, 0.5) is 11.4 Å². The summed E-state index contributed by atoms with van der Waals surface area (Å²) in [5, 5.41) is 9.27. The van der Waals surface area contributed by atoms with Crippen LogP contribution in [0.1, 0.15) is 30.1 Å². The topological polar surface area (TPSA) is 70.0 Å². The van der Waals surface area contributed by atoms with E-state index in [-0.39, 0.29) is 5.56 Å². The van der Waals surface area contributed by atoms with Gasteiger partial charge in [-0.3, -0.25) is 0 Å². The minimum atomic E-state index is -1.00. The van der Waals surface area contributed by atoms with Crippen LogP contribution in [-0.2, 0) is 4.79 Å². The lowest BCUT2D eigenvalue weighted by Crippen LogP contribution is -2.33. The van der Waals surface area contributed by atoms with Crippen LogP contribution < -0.4 is 4.90 Å². The molecule has 5 heteroatoms. The van der Waals surface area contributed by atoms with Gasteiger partial charge in [0.2, 0.25) is 6.08 Å². The summed E-state index contributed by atoms with van der Waals surface area (Å²) >= 11 is 0. The fraction of sp³-hybridized carbons (Fsp3) is 0.429. The predicted molar refractivity (Wildman–Crippen MR) is 71.8 cm³/mol. The van der Waals surface area contributed by atoms with Gasteiger partial charge in [0.1, 0.15) is 0 Å². The van der Waals surface area contributed by atoms with Crippen LogP contribution in [0.15, 0.2) is 23.2 Å². The monoisotopic (exact) mass is 260 g/mol. The van der Waals surface area contributed by atoms with Crippen molar-refractivity contribution in [2.24, 2.45) is 10.9 Å². The molecular formula is C14H16N2O3. The molecule has 1 saturated heterocycles. The normalized spacial score (nSPS) is 15.9. The van der Waals surface area contributed by atoms with Crippen LogP contribution in [0.3, 0.4) is 0 Å². The summed E-state index contributed by atoms with van der Waals surface area (Å²) in [5.41, 5.74) is 1.21. The number of isocyanates is 1. The zero-order valence-corrected chi connectivity index (χ0v) is 10.8. The molecule has 1 N–H and O–H groups in total. The third-order valence-electron chi connectivity index (χ3n) is 3.51. The maximum Gasteiger partial charge on any atom is 0.337 e. The van der Waals surface area contributed by atoms with Crippen LogP contribution in [-0.4, -0.2) is 30.2 Å². The van der Waals surface area contributed by atoms with Crippen molar-refractivity contribution in [2.45, 2.75) is 19.8 Å². The molecule has 19 heavy (non-hydrogen) atoms. The fourth-order valence-corrected chi connectivity index (χ4v) is 2.34. The van der Waals surface area contributed by atoms with E-state index in [1.165, 1.54) is 12.1 Å². The molecule has 1 aliphatic rings. The van der Waals surface area contributed by atoms with E-state index in [0.717, 1.165) is 25.9 Å². The van der Waals surface area contributed by atoms with Crippen LogP contribution in [0.2, 0.25) is 0 Å². The van der Waals surface area contributed by atoms with Gasteiger partial charge < -0.3 is 10.0 Å². The molecule has 0 atom stereocenters. The number of benzene rings is 1. The van der Waals surface area contributed by atoms with Crippen LogP contribution in [0, 0.1) is 5.92 Å². The first-order valence-corrected chi connectivity index (χ1v) is 6.32. The van der Waals surface area contributed by atoms with E-state index >= 15 is 0 Å². The third kappa shape index (κ3) is 3.01. The number of carbonyl (C=O) groups is 1. The molecule has 1 fully saturated rings. The van der Waals surface area contributed by atoms with Crippen molar-refractivity contribution >= 4 is 23.4 Å². The summed E-state index contributed by atoms with van der Waals surface area (Å²) in [6.07, 6.45) is 3.55. The molecule has 1 aliphatic heterocycles. The minimum absolute atomic E-state index is 0.186. The zero-order valence-electron chi connectivity index (χ0n) is 10.8. The van der Waals surface area contributed by atoms with Gasteiger partial charge in [-0.05, 0) is 37.0 Å². The summed E-state index contributed by atoms with van der Waals surface area (Å²) in [6.45, 7) is 3.92. The Balaban J connectivity index is 2.34. The van der Waals surface area contributed by atoms with Crippen molar-refractivity contribution in [3.8, 4) is 0 Å². The molecule has 1 aromatic rings. The van der Waals surface area contributed by atoms with Crippen molar-refractivity contribution in [1.82, 2.24) is 0 Å². The molecule has 0 bridgehead atoms. The number of aliphatic imine (C=N–C) groups is 1. The average molecular weight is 260 g/mol. The lowest BCUT2D eigenvalue weighted by Gasteiger charge is -2.33. The predicted octanol–water partition coefficient (Wildman–Crippen LogP) is 2.59. The summed E-state index contributed by atoms with van der Waals surface area (Å²) in [4.78, 5) is 27.1. The van der Waals surface area contributed by atoms with Crippen LogP contribution in [0.5, 0.6) is 0 Å². The molecule has 0 aliphatic carbocycles. The number of carbonyl (C=O) groups excluding carboxylic acids is 1. The van der Waals surface area contributed by atoms with Crippen LogP contribution >= 0.6 is 0 Å². The van der Waals surface area contributed by atoms with Gasteiger partial charge in [0.15, 0.2) is 0 Å². The van der Waals surface area contributed by atoms with E-state index in [0.29, 0.717) is 17.3 Å². The van der Waals surface area contributed by atoms with E-state index in [4.69, 9.17) is 0 Å². The van der Waals surface area contributed by atoms with Crippen molar-refractivity contribution in [1.29, 1.82) is 0 Å². The van der Waals surface area contributed by atoms with Gasteiger partial charge in [0.25, 0.3) is 0 Å². The van der Waals surface area contributed by atoms with Gasteiger partial charge in [-0.25, -0.2) is 9.59 Å². The van der Waals surface area contributed by atoms with Crippen molar-refractivity contribution in [2.75, 3.05) is 18.0 Å².